The van der Waals surface area contributed by atoms with E-state index >= 15 is 0 Å². The summed E-state index contributed by atoms with van der Waals surface area (Å²) in [6.07, 6.45) is 1.28. The minimum atomic E-state index is -0.638. The molecule has 1 aromatic carbocycles. The third kappa shape index (κ3) is 5.73. The number of nitrogens with one attached hydrogen (secondary N) is 3. The predicted molar refractivity (Wildman–Crippen MR) is 118 cm³/mol. The molecule has 1 saturated heterocycles. The normalized spacial score (nSPS) is 14.9. The average molecular weight is 458 g/mol. The van der Waals surface area contributed by atoms with Crippen LogP contribution in [-0.2, 0) is 14.3 Å². The zero-order valence-corrected chi connectivity index (χ0v) is 17.8. The van der Waals surface area contributed by atoms with Gasteiger partial charge in [0.15, 0.2) is 0 Å². The van der Waals surface area contributed by atoms with Crippen LogP contribution < -0.4 is 20.4 Å². The molecule has 3 amide bonds. The van der Waals surface area contributed by atoms with Crippen LogP contribution in [-0.4, -0.2) is 69.3 Å². The topological polar surface area (TPSA) is 137 Å². The highest BCUT2D eigenvalue weighted by Gasteiger charge is 2.33. The fourth-order valence-electron chi connectivity index (χ4n) is 3.22. The molecule has 0 saturated carbocycles. The van der Waals surface area contributed by atoms with Crippen LogP contribution in [0.2, 0.25) is 0 Å². The van der Waals surface area contributed by atoms with Crippen LogP contribution >= 0.6 is 0 Å². The minimum Gasteiger partial charge on any atom is -0.453 e. The number of alkyl carbamates (subject to hydrolysis) is 1. The van der Waals surface area contributed by atoms with E-state index in [0.717, 1.165) is 6.34 Å². The Morgan fingerprint density at radius 2 is 2.24 bits per heavy atom. The van der Waals surface area contributed by atoms with Gasteiger partial charge in [0.2, 0.25) is 6.41 Å². The van der Waals surface area contributed by atoms with Gasteiger partial charge in [-0.1, -0.05) is 0 Å². The Morgan fingerprint density at radius 1 is 1.42 bits per heavy atom. The number of cyclic esters (lactones) is 1. The maximum Gasteiger partial charge on any atom is 0.414 e. The highest BCUT2D eigenvalue weighted by molar-refractivity contribution is 5.90. The van der Waals surface area contributed by atoms with Crippen molar-refractivity contribution in [3.05, 3.63) is 42.3 Å². The third-order valence-electron chi connectivity index (χ3n) is 4.89. The van der Waals surface area contributed by atoms with Crippen molar-refractivity contribution in [1.29, 1.82) is 5.41 Å². The van der Waals surface area contributed by atoms with E-state index in [1.165, 1.54) is 35.2 Å². The van der Waals surface area contributed by atoms with Gasteiger partial charge in [-0.2, -0.15) is 0 Å². The molecule has 0 aliphatic carbocycles. The maximum absolute atomic E-state index is 14.9. The number of amides is 3. The van der Waals surface area contributed by atoms with Crippen molar-refractivity contribution in [2.24, 2.45) is 0 Å². The number of aromatic nitrogens is 1. The number of methoxy groups -OCH3 is 1. The minimum absolute atomic E-state index is 0.0749. The summed E-state index contributed by atoms with van der Waals surface area (Å²) in [6.45, 7) is 0.929. The summed E-state index contributed by atoms with van der Waals surface area (Å²) < 4.78 is 24.6. The van der Waals surface area contributed by atoms with Gasteiger partial charge in [-0.25, -0.2) is 19.0 Å². The molecule has 33 heavy (non-hydrogen) atoms. The lowest BCUT2D eigenvalue weighted by molar-refractivity contribution is -0.109. The third-order valence-corrected chi connectivity index (χ3v) is 4.89. The first-order valence-electron chi connectivity index (χ1n) is 9.97. The van der Waals surface area contributed by atoms with Gasteiger partial charge in [-0.3, -0.25) is 15.1 Å². The fourth-order valence-corrected chi connectivity index (χ4v) is 3.22. The van der Waals surface area contributed by atoms with Gasteiger partial charge in [0.25, 0.3) is 0 Å². The van der Waals surface area contributed by atoms with E-state index < -0.39 is 24.1 Å². The van der Waals surface area contributed by atoms with Crippen molar-refractivity contribution in [3.8, 4) is 11.1 Å². The first-order chi connectivity index (χ1) is 16.0. The van der Waals surface area contributed by atoms with Crippen molar-refractivity contribution in [2.75, 3.05) is 43.1 Å². The molecule has 0 spiro atoms. The number of ether oxygens (including phenoxy) is 2. The molecule has 0 bridgehead atoms. The summed E-state index contributed by atoms with van der Waals surface area (Å²) in [7, 11) is 1.23. The summed E-state index contributed by atoms with van der Waals surface area (Å²) in [5.74, 6) is -0.0741. The molecule has 1 fully saturated rings. The zero-order chi connectivity index (χ0) is 23.8. The summed E-state index contributed by atoms with van der Waals surface area (Å²) in [6, 6.07) is 7.68. The zero-order valence-electron chi connectivity index (χ0n) is 17.8. The van der Waals surface area contributed by atoms with Crippen LogP contribution in [0.3, 0.4) is 0 Å². The second-order valence-electron chi connectivity index (χ2n) is 6.95. The number of rotatable bonds is 10. The van der Waals surface area contributed by atoms with Gasteiger partial charge in [0.1, 0.15) is 17.7 Å². The quantitative estimate of drug-likeness (QED) is 0.213. The van der Waals surface area contributed by atoms with E-state index in [0.29, 0.717) is 42.1 Å². The molecule has 12 heteroatoms. The molecule has 3 rings (SSSR count). The molecule has 1 aliphatic rings. The summed E-state index contributed by atoms with van der Waals surface area (Å²) in [5.41, 5.74) is 1.13. The van der Waals surface area contributed by atoms with Gasteiger partial charge in [0, 0.05) is 30.4 Å². The Balaban J connectivity index is 1.69. The number of pyridine rings is 1. The van der Waals surface area contributed by atoms with Crippen molar-refractivity contribution in [1.82, 2.24) is 15.6 Å². The number of hydrogen-bond donors (Lipinski definition) is 3. The molecular formula is C21H23FN6O5. The van der Waals surface area contributed by atoms with Crippen molar-refractivity contribution < 1.29 is 28.2 Å². The van der Waals surface area contributed by atoms with Gasteiger partial charge in [-0.15, -0.1) is 0 Å². The lowest BCUT2D eigenvalue weighted by Gasteiger charge is -2.18. The van der Waals surface area contributed by atoms with E-state index in [2.05, 4.69) is 20.4 Å². The van der Waals surface area contributed by atoms with Crippen LogP contribution in [0.4, 0.5) is 25.5 Å². The number of benzene rings is 1. The molecule has 1 aliphatic heterocycles. The number of nitrogens with zero attached hydrogens (tertiary/aromatic N) is 3. The first kappa shape index (κ1) is 23.4. The summed E-state index contributed by atoms with van der Waals surface area (Å²) in [4.78, 5) is 40.8. The van der Waals surface area contributed by atoms with Crippen LogP contribution in [0.25, 0.3) is 11.1 Å². The first-order valence-corrected chi connectivity index (χ1v) is 9.97. The number of carbonyl (C=O) groups excluding carboxylic acids is 3. The van der Waals surface area contributed by atoms with E-state index in [9.17, 15) is 18.8 Å². The van der Waals surface area contributed by atoms with E-state index in [-0.39, 0.29) is 13.1 Å². The van der Waals surface area contributed by atoms with Crippen LogP contribution in [0.1, 0.15) is 0 Å². The number of halogens is 1. The molecule has 11 nitrogen and oxygen atoms in total. The molecule has 3 N–H and O–H groups in total. The number of carbonyl (C=O) groups is 3. The van der Waals surface area contributed by atoms with Gasteiger partial charge < -0.3 is 25.0 Å². The van der Waals surface area contributed by atoms with E-state index in [4.69, 9.17) is 10.1 Å². The standard InChI is InChI=1S/C21H23FN6O5/c1-32-20(30)26-10-16-11-28(21(31)33-16)15-3-4-17(18(22)8-15)14-2-5-19(25-9-14)27(12-23)7-6-24-13-29/h2-5,8-9,12-13,16,23H,6-7,10-11H2,1H3,(H,24,29)(H,26,30)/t16-/m0/s1. The molecule has 174 valence electrons. The largest absolute Gasteiger partial charge is 0.453 e. The fraction of sp³-hybridized carbons (Fsp3) is 0.286. The van der Waals surface area contributed by atoms with Gasteiger partial charge in [0.05, 0.1) is 32.2 Å². The lowest BCUT2D eigenvalue weighted by Crippen LogP contribution is -2.34. The number of anilines is 2. The molecule has 1 aromatic heterocycles. The average Bonchev–Trinajstić information content (AvgIpc) is 3.21. The second kappa shape index (κ2) is 10.9. The molecule has 2 aromatic rings. The van der Waals surface area contributed by atoms with E-state index in [1.807, 2.05) is 0 Å². The smallest absolute Gasteiger partial charge is 0.414 e. The molecular weight excluding hydrogens is 435 g/mol. The van der Waals surface area contributed by atoms with Crippen LogP contribution in [0.5, 0.6) is 0 Å². The van der Waals surface area contributed by atoms with Crippen molar-refractivity contribution >= 4 is 36.4 Å². The second-order valence-corrected chi connectivity index (χ2v) is 6.95. The Kier molecular flexibility index (Phi) is 7.73. The Bertz CT molecular complexity index is 1020. The highest BCUT2D eigenvalue weighted by Crippen LogP contribution is 2.29. The molecule has 0 radical (unpaired) electrons. The molecule has 0 unspecified atom stereocenters. The van der Waals surface area contributed by atoms with Gasteiger partial charge in [-0.05, 0) is 30.3 Å². The summed E-state index contributed by atoms with van der Waals surface area (Å²) >= 11 is 0. The molecule has 1 atom stereocenters. The van der Waals surface area contributed by atoms with Crippen LogP contribution in [0, 0.1) is 11.2 Å². The lowest BCUT2D eigenvalue weighted by atomic mass is 10.1. The van der Waals surface area contributed by atoms with E-state index in [1.54, 1.807) is 18.2 Å². The Labute approximate surface area is 189 Å². The Hall–Kier alpha value is -4.22. The van der Waals surface area contributed by atoms with Crippen molar-refractivity contribution in [2.45, 2.75) is 6.10 Å². The molecule has 2 heterocycles. The monoisotopic (exact) mass is 458 g/mol. The SMILES string of the molecule is COC(=O)NC[C@H]1CN(c2ccc(-c3ccc(N(C=N)CCNC=O)nc3)c(F)c2)C(=O)O1. The van der Waals surface area contributed by atoms with Crippen molar-refractivity contribution in [3.63, 3.8) is 0 Å². The summed E-state index contributed by atoms with van der Waals surface area (Å²) in [5, 5.41) is 12.5. The van der Waals surface area contributed by atoms with Gasteiger partial charge >= 0.3 is 12.2 Å². The predicted octanol–water partition coefficient (Wildman–Crippen LogP) is 1.73. The maximum atomic E-state index is 14.9. The van der Waals surface area contributed by atoms with Crippen LogP contribution in [0.15, 0.2) is 36.5 Å². The number of hydrogen-bond acceptors (Lipinski definition) is 7. The Morgan fingerprint density at radius 3 is 2.88 bits per heavy atom. The highest BCUT2D eigenvalue weighted by atomic mass is 19.1.